The molecular formula is C17H32N2O4. The van der Waals surface area contributed by atoms with E-state index in [1.165, 1.54) is 7.11 Å². The lowest BCUT2D eigenvalue weighted by molar-refractivity contribution is -0.140. The van der Waals surface area contributed by atoms with E-state index in [1.807, 2.05) is 20.8 Å². The van der Waals surface area contributed by atoms with Crippen LogP contribution in [0.15, 0.2) is 0 Å². The van der Waals surface area contributed by atoms with Crippen molar-refractivity contribution >= 4 is 12.1 Å². The van der Waals surface area contributed by atoms with Crippen molar-refractivity contribution in [3.63, 3.8) is 0 Å². The average Bonchev–Trinajstić information content (AvgIpc) is 2.49. The van der Waals surface area contributed by atoms with E-state index in [2.05, 4.69) is 9.64 Å². The standard InChI is InChI=1S/C17H32N2O4/c1-17(2,3)23-16(21)19-13-11-18(12-14-19)10-8-6-5-7-9-15(20)22-4/h5-14H2,1-4H3. The normalized spacial score (nSPS) is 16.3. The van der Waals surface area contributed by atoms with Crippen LogP contribution >= 0.6 is 0 Å². The van der Waals surface area contributed by atoms with Crippen molar-refractivity contribution in [3.8, 4) is 0 Å². The van der Waals surface area contributed by atoms with E-state index in [0.717, 1.165) is 58.4 Å². The van der Waals surface area contributed by atoms with Crippen LogP contribution in [0.5, 0.6) is 0 Å². The van der Waals surface area contributed by atoms with E-state index >= 15 is 0 Å². The number of rotatable bonds is 7. The van der Waals surface area contributed by atoms with Crippen LogP contribution in [0.2, 0.25) is 0 Å². The second kappa shape index (κ2) is 9.75. The van der Waals surface area contributed by atoms with E-state index in [4.69, 9.17) is 4.74 Å². The molecule has 0 aromatic heterocycles. The molecule has 0 bridgehead atoms. The quantitative estimate of drug-likeness (QED) is 0.531. The maximum atomic E-state index is 12.0. The Morgan fingerprint density at radius 3 is 2.13 bits per heavy atom. The van der Waals surface area contributed by atoms with E-state index < -0.39 is 5.60 Å². The number of carbonyl (C=O) groups is 2. The van der Waals surface area contributed by atoms with Gasteiger partial charge < -0.3 is 14.4 Å². The summed E-state index contributed by atoms with van der Waals surface area (Å²) in [5.41, 5.74) is -0.432. The molecule has 1 saturated heterocycles. The van der Waals surface area contributed by atoms with Crippen LogP contribution in [0.4, 0.5) is 4.79 Å². The van der Waals surface area contributed by atoms with Crippen LogP contribution < -0.4 is 0 Å². The topological polar surface area (TPSA) is 59.1 Å². The van der Waals surface area contributed by atoms with Crippen LogP contribution in [-0.2, 0) is 14.3 Å². The zero-order valence-corrected chi connectivity index (χ0v) is 15.1. The van der Waals surface area contributed by atoms with E-state index in [1.54, 1.807) is 4.90 Å². The highest BCUT2D eigenvalue weighted by atomic mass is 16.6. The first kappa shape index (κ1) is 19.7. The molecule has 0 spiro atoms. The van der Waals surface area contributed by atoms with Crippen LogP contribution in [-0.4, -0.2) is 67.3 Å². The summed E-state index contributed by atoms with van der Waals surface area (Å²) < 4.78 is 10.0. The summed E-state index contributed by atoms with van der Waals surface area (Å²) in [6.45, 7) is 10.0. The second-order valence-electron chi connectivity index (χ2n) is 7.05. The largest absolute Gasteiger partial charge is 0.469 e. The molecule has 0 atom stereocenters. The van der Waals surface area contributed by atoms with Crippen molar-refractivity contribution in [2.75, 3.05) is 39.8 Å². The summed E-state index contributed by atoms with van der Waals surface area (Å²) in [7, 11) is 1.43. The second-order valence-corrected chi connectivity index (χ2v) is 7.05. The van der Waals surface area contributed by atoms with Gasteiger partial charge in [-0.2, -0.15) is 0 Å². The molecule has 0 aromatic carbocycles. The van der Waals surface area contributed by atoms with Gasteiger partial charge in [-0.05, 0) is 40.2 Å². The first-order chi connectivity index (χ1) is 10.8. The van der Waals surface area contributed by atoms with Crippen molar-refractivity contribution < 1.29 is 19.1 Å². The molecule has 1 amide bonds. The Labute approximate surface area is 140 Å². The van der Waals surface area contributed by atoms with Gasteiger partial charge in [-0.15, -0.1) is 0 Å². The number of methoxy groups -OCH3 is 1. The molecule has 1 fully saturated rings. The summed E-state index contributed by atoms with van der Waals surface area (Å²) in [5, 5.41) is 0. The minimum Gasteiger partial charge on any atom is -0.469 e. The Hall–Kier alpha value is -1.30. The lowest BCUT2D eigenvalue weighted by Gasteiger charge is -2.35. The molecule has 23 heavy (non-hydrogen) atoms. The smallest absolute Gasteiger partial charge is 0.410 e. The van der Waals surface area contributed by atoms with Gasteiger partial charge in [0.05, 0.1) is 7.11 Å². The molecule has 0 saturated carbocycles. The average molecular weight is 328 g/mol. The van der Waals surface area contributed by atoms with Gasteiger partial charge in [-0.1, -0.05) is 12.8 Å². The number of esters is 1. The van der Waals surface area contributed by atoms with Crippen LogP contribution in [0.3, 0.4) is 0 Å². The van der Waals surface area contributed by atoms with Crippen molar-refractivity contribution in [1.29, 1.82) is 0 Å². The number of piperazine rings is 1. The fraction of sp³-hybridized carbons (Fsp3) is 0.882. The van der Waals surface area contributed by atoms with Crippen molar-refractivity contribution in [2.24, 2.45) is 0 Å². The first-order valence-corrected chi connectivity index (χ1v) is 8.59. The van der Waals surface area contributed by atoms with Gasteiger partial charge in [-0.25, -0.2) is 4.79 Å². The van der Waals surface area contributed by atoms with E-state index in [0.29, 0.717) is 6.42 Å². The minimum absolute atomic E-state index is 0.122. The van der Waals surface area contributed by atoms with Crippen LogP contribution in [0, 0.1) is 0 Å². The van der Waals surface area contributed by atoms with Crippen molar-refractivity contribution in [1.82, 2.24) is 9.80 Å². The van der Waals surface area contributed by atoms with Gasteiger partial charge in [0.1, 0.15) is 5.60 Å². The minimum atomic E-state index is -0.432. The summed E-state index contributed by atoms with van der Waals surface area (Å²) >= 11 is 0. The zero-order valence-electron chi connectivity index (χ0n) is 15.1. The van der Waals surface area contributed by atoms with E-state index in [9.17, 15) is 9.59 Å². The predicted molar refractivity (Wildman–Crippen MR) is 89.3 cm³/mol. The predicted octanol–water partition coefficient (Wildman–Crippen LogP) is 2.66. The molecule has 1 aliphatic rings. The van der Waals surface area contributed by atoms with Gasteiger partial charge in [0.2, 0.25) is 0 Å². The lowest BCUT2D eigenvalue weighted by Crippen LogP contribution is -2.50. The van der Waals surface area contributed by atoms with E-state index in [-0.39, 0.29) is 12.1 Å². The molecule has 0 unspecified atom stereocenters. The monoisotopic (exact) mass is 328 g/mol. The molecule has 0 aromatic rings. The molecule has 6 nitrogen and oxygen atoms in total. The summed E-state index contributed by atoms with van der Waals surface area (Å²) in [6.07, 6.45) is 4.54. The molecule has 1 heterocycles. The van der Waals surface area contributed by atoms with Gasteiger partial charge in [0.15, 0.2) is 0 Å². The number of carbonyl (C=O) groups excluding carboxylic acids is 2. The van der Waals surface area contributed by atoms with Crippen LogP contribution in [0.25, 0.3) is 0 Å². The Balaban J connectivity index is 2.08. The summed E-state index contributed by atoms with van der Waals surface area (Å²) in [4.78, 5) is 27.2. The Bertz CT molecular complexity index is 371. The summed E-state index contributed by atoms with van der Waals surface area (Å²) in [6, 6.07) is 0. The van der Waals surface area contributed by atoms with Gasteiger partial charge >= 0.3 is 12.1 Å². The SMILES string of the molecule is COC(=O)CCCCCCN1CCN(C(=O)OC(C)(C)C)CC1. The molecule has 1 rings (SSSR count). The molecule has 6 heteroatoms. The number of amides is 1. The Kier molecular flexibility index (Phi) is 8.37. The number of nitrogens with zero attached hydrogens (tertiary/aromatic N) is 2. The molecular weight excluding hydrogens is 296 g/mol. The molecule has 0 radical (unpaired) electrons. The summed E-state index contributed by atoms with van der Waals surface area (Å²) in [5.74, 6) is -0.122. The number of unbranched alkanes of at least 4 members (excludes halogenated alkanes) is 3. The molecule has 0 aliphatic carbocycles. The molecule has 1 aliphatic heterocycles. The zero-order chi connectivity index (χ0) is 17.3. The third-order valence-electron chi connectivity index (χ3n) is 3.86. The Morgan fingerprint density at radius 1 is 0.957 bits per heavy atom. The third-order valence-corrected chi connectivity index (χ3v) is 3.86. The maximum absolute atomic E-state index is 12.0. The highest BCUT2D eigenvalue weighted by molar-refractivity contribution is 5.69. The lowest BCUT2D eigenvalue weighted by atomic mass is 10.1. The highest BCUT2D eigenvalue weighted by Crippen LogP contribution is 2.12. The van der Waals surface area contributed by atoms with Gasteiger partial charge in [-0.3, -0.25) is 9.69 Å². The Morgan fingerprint density at radius 2 is 1.57 bits per heavy atom. The van der Waals surface area contributed by atoms with Crippen molar-refractivity contribution in [2.45, 2.75) is 58.5 Å². The fourth-order valence-electron chi connectivity index (χ4n) is 2.54. The molecule has 0 N–H and O–H groups in total. The van der Waals surface area contributed by atoms with Gasteiger partial charge in [0, 0.05) is 32.6 Å². The van der Waals surface area contributed by atoms with Crippen LogP contribution in [0.1, 0.15) is 52.9 Å². The maximum Gasteiger partial charge on any atom is 0.410 e. The third kappa shape index (κ3) is 8.79. The number of hydrogen-bond acceptors (Lipinski definition) is 5. The first-order valence-electron chi connectivity index (χ1n) is 8.59. The van der Waals surface area contributed by atoms with Gasteiger partial charge in [0.25, 0.3) is 0 Å². The number of ether oxygens (including phenoxy) is 2. The number of hydrogen-bond donors (Lipinski definition) is 0. The highest BCUT2D eigenvalue weighted by Gasteiger charge is 2.25. The molecule has 134 valence electrons. The van der Waals surface area contributed by atoms with Crippen molar-refractivity contribution in [3.05, 3.63) is 0 Å². The fourth-order valence-corrected chi connectivity index (χ4v) is 2.54.